The number of para-hydroxylation sites is 1. The number of benzene rings is 7. The van der Waals surface area contributed by atoms with E-state index < -0.39 is 0 Å². The Hall–Kier alpha value is -6.17. The summed E-state index contributed by atoms with van der Waals surface area (Å²) in [5, 5.41) is 7.25. The highest BCUT2D eigenvalue weighted by atomic mass is 32.1. The van der Waals surface area contributed by atoms with E-state index in [9.17, 15) is 0 Å². The first-order valence-electron chi connectivity index (χ1n) is 16.0. The zero-order valence-electron chi connectivity index (χ0n) is 25.7. The lowest BCUT2D eigenvalue weighted by Crippen LogP contribution is -2.07. The molecule has 0 aliphatic carbocycles. The highest BCUT2D eigenvalue weighted by Crippen LogP contribution is 2.42. The van der Waals surface area contributed by atoms with Gasteiger partial charge in [0.05, 0.1) is 11.0 Å². The van der Waals surface area contributed by atoms with Gasteiger partial charge in [0, 0.05) is 47.6 Å². The fourth-order valence-corrected chi connectivity index (χ4v) is 8.07. The van der Waals surface area contributed by atoms with E-state index in [4.69, 9.17) is 15.0 Å². The minimum atomic E-state index is 0.590. The van der Waals surface area contributed by atoms with Gasteiger partial charge < -0.3 is 0 Å². The van der Waals surface area contributed by atoms with Crippen molar-refractivity contribution in [3.8, 4) is 39.9 Å². The van der Waals surface area contributed by atoms with Crippen molar-refractivity contribution in [3.63, 3.8) is 0 Å². The maximum absolute atomic E-state index is 5.21. The maximum Gasteiger partial charge on any atom is 0.238 e. The average molecular weight is 631 g/mol. The molecule has 48 heavy (non-hydrogen) atoms. The van der Waals surface area contributed by atoms with E-state index in [1.54, 1.807) is 0 Å². The molecule has 0 aliphatic rings. The van der Waals surface area contributed by atoms with E-state index in [0.29, 0.717) is 17.6 Å². The van der Waals surface area contributed by atoms with Crippen LogP contribution < -0.4 is 0 Å². The number of thiophene rings is 1. The second kappa shape index (κ2) is 10.7. The summed E-state index contributed by atoms with van der Waals surface area (Å²) in [5.41, 5.74) is 6.31. The first-order chi connectivity index (χ1) is 23.8. The second-order valence-electron chi connectivity index (χ2n) is 12.1. The Labute approximate surface area is 280 Å². The van der Waals surface area contributed by atoms with Crippen LogP contribution in [0, 0.1) is 0 Å². The van der Waals surface area contributed by atoms with Crippen LogP contribution in [0.3, 0.4) is 0 Å². The van der Waals surface area contributed by atoms with Gasteiger partial charge in [-0.05, 0) is 46.7 Å². The van der Waals surface area contributed by atoms with Gasteiger partial charge in [-0.15, -0.1) is 11.3 Å². The monoisotopic (exact) mass is 630 g/mol. The minimum Gasteiger partial charge on any atom is -0.277 e. The Morgan fingerprint density at radius 1 is 0.417 bits per heavy atom. The first-order valence-corrected chi connectivity index (χ1v) is 16.9. The number of rotatable bonds is 4. The number of hydrogen-bond donors (Lipinski definition) is 0. The van der Waals surface area contributed by atoms with Crippen LogP contribution in [-0.2, 0) is 0 Å². The molecule has 0 saturated carbocycles. The summed E-state index contributed by atoms with van der Waals surface area (Å²) in [4.78, 5) is 15.4. The van der Waals surface area contributed by atoms with Gasteiger partial charge in [-0.2, -0.15) is 9.97 Å². The first kappa shape index (κ1) is 27.0. The van der Waals surface area contributed by atoms with E-state index in [1.165, 1.54) is 30.9 Å². The summed E-state index contributed by atoms with van der Waals surface area (Å²) in [6.45, 7) is 0. The molecule has 0 spiro atoms. The van der Waals surface area contributed by atoms with Gasteiger partial charge in [0.25, 0.3) is 0 Å². The van der Waals surface area contributed by atoms with E-state index >= 15 is 0 Å². The van der Waals surface area contributed by atoms with Gasteiger partial charge in [-0.3, -0.25) is 4.57 Å². The standard InChI is InChI=1S/C43H26N4S/c1-3-12-27(13-4-1)41-44-42(28-14-5-2-6-15-28)46-43(45-41)47-37-26-30-17-8-7-16-29(30)24-35(37)34-20-11-19-32(40(34)47)31-22-23-39-36(25-31)33-18-9-10-21-38(33)48-39/h1-26H. The fourth-order valence-electron chi connectivity index (χ4n) is 6.98. The van der Waals surface area contributed by atoms with Crippen LogP contribution in [0.25, 0.3) is 92.6 Å². The van der Waals surface area contributed by atoms with Crippen molar-refractivity contribution in [3.05, 3.63) is 158 Å². The Kier molecular flexibility index (Phi) is 6.01. The molecule has 7 aromatic carbocycles. The topological polar surface area (TPSA) is 43.6 Å². The summed E-state index contributed by atoms with van der Waals surface area (Å²) in [6, 6.07) is 55.6. The molecule has 0 aliphatic heterocycles. The van der Waals surface area contributed by atoms with Crippen molar-refractivity contribution >= 4 is 64.1 Å². The summed E-state index contributed by atoms with van der Waals surface area (Å²) >= 11 is 1.84. The van der Waals surface area contributed by atoms with Crippen LogP contribution in [-0.4, -0.2) is 19.5 Å². The van der Waals surface area contributed by atoms with E-state index in [1.807, 2.05) is 47.7 Å². The van der Waals surface area contributed by atoms with Crippen molar-refractivity contribution in [2.24, 2.45) is 0 Å². The van der Waals surface area contributed by atoms with Gasteiger partial charge in [-0.1, -0.05) is 127 Å². The molecule has 0 bridgehead atoms. The van der Waals surface area contributed by atoms with Crippen molar-refractivity contribution in [2.45, 2.75) is 0 Å². The predicted molar refractivity (Wildman–Crippen MR) is 201 cm³/mol. The summed E-state index contributed by atoms with van der Waals surface area (Å²) in [7, 11) is 0. The predicted octanol–water partition coefficient (Wildman–Crippen LogP) is 11.5. The van der Waals surface area contributed by atoms with E-state index in [-0.39, 0.29) is 0 Å². The molecule has 3 aromatic heterocycles. The molecule has 0 atom stereocenters. The van der Waals surface area contributed by atoms with Gasteiger partial charge >= 0.3 is 0 Å². The zero-order valence-corrected chi connectivity index (χ0v) is 26.5. The molecular formula is C43H26N4S. The smallest absolute Gasteiger partial charge is 0.238 e. The normalized spacial score (nSPS) is 11.8. The third-order valence-electron chi connectivity index (χ3n) is 9.23. The van der Waals surface area contributed by atoms with Crippen molar-refractivity contribution in [2.75, 3.05) is 0 Å². The SMILES string of the molecule is c1ccc(-c2nc(-c3ccccc3)nc(-n3c4cc5ccccc5cc4c4cccc(-c5ccc6sc7ccccc7c6c5)c43)n2)cc1. The lowest BCUT2D eigenvalue weighted by molar-refractivity contribution is 0.954. The molecule has 5 heteroatoms. The van der Waals surface area contributed by atoms with Crippen LogP contribution >= 0.6 is 11.3 Å². The summed E-state index contributed by atoms with van der Waals surface area (Å²) in [6.07, 6.45) is 0. The Morgan fingerprint density at radius 3 is 1.79 bits per heavy atom. The minimum absolute atomic E-state index is 0.590. The second-order valence-corrected chi connectivity index (χ2v) is 13.2. The summed E-state index contributed by atoms with van der Waals surface area (Å²) < 4.78 is 4.84. The molecule has 0 fully saturated rings. The molecule has 0 radical (unpaired) electrons. The van der Waals surface area contributed by atoms with Crippen LogP contribution in [0.15, 0.2) is 158 Å². The molecule has 224 valence electrons. The van der Waals surface area contributed by atoms with Crippen LogP contribution in [0.5, 0.6) is 0 Å². The molecule has 3 heterocycles. The molecule has 0 unspecified atom stereocenters. The summed E-state index contributed by atoms with van der Waals surface area (Å²) in [5.74, 6) is 1.87. The van der Waals surface area contributed by atoms with Crippen molar-refractivity contribution in [1.82, 2.24) is 19.5 Å². The highest BCUT2D eigenvalue weighted by Gasteiger charge is 2.21. The molecule has 0 amide bonds. The van der Waals surface area contributed by atoms with Crippen LogP contribution in [0.4, 0.5) is 0 Å². The van der Waals surface area contributed by atoms with Gasteiger partial charge in [0.15, 0.2) is 11.6 Å². The zero-order chi connectivity index (χ0) is 31.6. The Morgan fingerprint density at radius 2 is 1.04 bits per heavy atom. The van der Waals surface area contributed by atoms with E-state index in [2.05, 4.69) is 126 Å². The molecule has 0 N–H and O–H groups in total. The van der Waals surface area contributed by atoms with Gasteiger partial charge in [0.1, 0.15) is 0 Å². The lowest BCUT2D eigenvalue weighted by Gasteiger charge is -2.13. The fraction of sp³-hybridized carbons (Fsp3) is 0. The van der Waals surface area contributed by atoms with Crippen LogP contribution in [0.2, 0.25) is 0 Å². The molecule has 0 saturated heterocycles. The van der Waals surface area contributed by atoms with Crippen LogP contribution in [0.1, 0.15) is 0 Å². The van der Waals surface area contributed by atoms with Gasteiger partial charge in [-0.25, -0.2) is 4.98 Å². The maximum atomic E-state index is 5.21. The Balaban J connectivity index is 1.33. The number of nitrogens with zero attached hydrogens (tertiary/aromatic N) is 4. The van der Waals surface area contributed by atoms with Gasteiger partial charge in [0.2, 0.25) is 5.95 Å². The number of fused-ring (bicyclic) bond motifs is 7. The van der Waals surface area contributed by atoms with Crippen molar-refractivity contribution in [1.29, 1.82) is 0 Å². The quantitative estimate of drug-likeness (QED) is 0.194. The number of hydrogen-bond acceptors (Lipinski definition) is 4. The molecular weight excluding hydrogens is 605 g/mol. The average Bonchev–Trinajstić information content (AvgIpc) is 3.69. The number of aromatic nitrogens is 4. The molecule has 4 nitrogen and oxygen atoms in total. The highest BCUT2D eigenvalue weighted by molar-refractivity contribution is 7.25. The van der Waals surface area contributed by atoms with Crippen molar-refractivity contribution < 1.29 is 0 Å². The Bertz CT molecular complexity index is 2780. The molecule has 10 aromatic rings. The third kappa shape index (κ3) is 4.25. The largest absolute Gasteiger partial charge is 0.277 e. The third-order valence-corrected chi connectivity index (χ3v) is 10.4. The van der Waals surface area contributed by atoms with E-state index in [0.717, 1.165) is 44.1 Å². The molecule has 10 rings (SSSR count). The lowest BCUT2D eigenvalue weighted by atomic mass is 9.99.